The number of rotatable bonds is 7. The van der Waals surface area contributed by atoms with Crippen molar-refractivity contribution in [3.63, 3.8) is 0 Å². The van der Waals surface area contributed by atoms with Gasteiger partial charge in [-0.3, -0.25) is 4.79 Å². The average molecular weight is 279 g/mol. The number of carbonyl (C=O) groups is 1. The Morgan fingerprint density at radius 1 is 1.20 bits per heavy atom. The van der Waals surface area contributed by atoms with Crippen LogP contribution in [-0.4, -0.2) is 25.2 Å². The van der Waals surface area contributed by atoms with Gasteiger partial charge in [0.25, 0.3) is 0 Å². The summed E-state index contributed by atoms with van der Waals surface area (Å²) in [5.74, 6) is 0.950. The zero-order valence-corrected chi connectivity index (χ0v) is 12.8. The molecule has 0 aliphatic heterocycles. The molecule has 0 aliphatic carbocycles. The van der Waals surface area contributed by atoms with E-state index in [2.05, 4.69) is 19.9 Å². The molecule has 1 rings (SSSR count). The van der Waals surface area contributed by atoms with Gasteiger partial charge in [0.05, 0.1) is 0 Å². The lowest BCUT2D eigenvalue weighted by Gasteiger charge is -2.15. The first-order valence-electron chi connectivity index (χ1n) is 7.06. The van der Waals surface area contributed by atoms with E-state index < -0.39 is 6.04 Å². The number of ether oxygens (including phenoxy) is 2. The van der Waals surface area contributed by atoms with E-state index >= 15 is 0 Å². The van der Waals surface area contributed by atoms with Crippen LogP contribution in [0.25, 0.3) is 0 Å². The van der Waals surface area contributed by atoms with E-state index in [9.17, 15) is 4.79 Å². The molecule has 2 N–H and O–H groups in total. The summed E-state index contributed by atoms with van der Waals surface area (Å²) in [7, 11) is 0. The van der Waals surface area contributed by atoms with Gasteiger partial charge >= 0.3 is 5.97 Å². The van der Waals surface area contributed by atoms with E-state index in [-0.39, 0.29) is 18.5 Å². The topological polar surface area (TPSA) is 61.5 Å². The molecule has 0 aromatic heterocycles. The smallest absolute Gasteiger partial charge is 0.323 e. The highest BCUT2D eigenvalue weighted by Crippen LogP contribution is 2.19. The minimum absolute atomic E-state index is 0.0751. The fourth-order valence-electron chi connectivity index (χ4n) is 1.63. The molecule has 112 valence electrons. The van der Waals surface area contributed by atoms with Crippen molar-refractivity contribution >= 4 is 5.97 Å². The zero-order chi connectivity index (χ0) is 15.1. The van der Waals surface area contributed by atoms with Crippen molar-refractivity contribution in [2.75, 3.05) is 13.2 Å². The van der Waals surface area contributed by atoms with E-state index in [0.717, 1.165) is 5.75 Å². The molecule has 0 radical (unpaired) electrons. The third-order valence-electron chi connectivity index (χ3n) is 3.11. The maximum atomic E-state index is 11.5. The van der Waals surface area contributed by atoms with Crippen LogP contribution in [0, 0.1) is 5.92 Å². The number of esters is 1. The third kappa shape index (κ3) is 5.21. The number of benzene rings is 1. The monoisotopic (exact) mass is 279 g/mol. The molecular formula is C16H25NO3. The molecule has 1 aromatic carbocycles. The second kappa shape index (κ2) is 7.90. The molecule has 0 unspecified atom stereocenters. The first-order chi connectivity index (χ1) is 9.41. The minimum Gasteiger partial charge on any atom is -0.490 e. The van der Waals surface area contributed by atoms with Gasteiger partial charge in [-0.05, 0) is 29.5 Å². The van der Waals surface area contributed by atoms with E-state index in [1.165, 1.54) is 5.56 Å². The summed E-state index contributed by atoms with van der Waals surface area (Å²) >= 11 is 0. The van der Waals surface area contributed by atoms with Crippen LogP contribution < -0.4 is 10.5 Å². The highest BCUT2D eigenvalue weighted by atomic mass is 16.6. The molecule has 0 fully saturated rings. The van der Waals surface area contributed by atoms with E-state index in [4.69, 9.17) is 15.2 Å². The van der Waals surface area contributed by atoms with Gasteiger partial charge in [-0.2, -0.15) is 0 Å². The normalized spacial score (nSPS) is 12.6. The van der Waals surface area contributed by atoms with Crippen molar-refractivity contribution in [2.24, 2.45) is 11.7 Å². The highest BCUT2D eigenvalue weighted by Gasteiger charge is 2.18. The van der Waals surface area contributed by atoms with Gasteiger partial charge in [0.1, 0.15) is 25.0 Å². The Hall–Kier alpha value is -1.55. The Morgan fingerprint density at radius 2 is 1.90 bits per heavy atom. The molecule has 4 heteroatoms. The summed E-state index contributed by atoms with van der Waals surface area (Å²) in [4.78, 5) is 11.5. The summed E-state index contributed by atoms with van der Waals surface area (Å²) in [5, 5.41) is 0. The predicted molar refractivity (Wildman–Crippen MR) is 79.8 cm³/mol. The summed E-state index contributed by atoms with van der Waals surface area (Å²) in [6.07, 6.45) is 0. The van der Waals surface area contributed by atoms with Crippen molar-refractivity contribution in [2.45, 2.75) is 39.7 Å². The summed E-state index contributed by atoms with van der Waals surface area (Å²) < 4.78 is 10.6. The van der Waals surface area contributed by atoms with E-state index in [1.807, 2.05) is 32.0 Å². The van der Waals surface area contributed by atoms with Crippen LogP contribution in [0.1, 0.15) is 39.2 Å². The molecule has 0 bridgehead atoms. The number of carbonyl (C=O) groups excluding carboxylic acids is 1. The van der Waals surface area contributed by atoms with Crippen molar-refractivity contribution < 1.29 is 14.3 Å². The number of nitrogens with two attached hydrogens (primary N) is 1. The fourth-order valence-corrected chi connectivity index (χ4v) is 1.63. The van der Waals surface area contributed by atoms with Crippen molar-refractivity contribution in [1.82, 2.24) is 0 Å². The number of hydrogen-bond acceptors (Lipinski definition) is 4. The largest absolute Gasteiger partial charge is 0.490 e. The molecule has 0 amide bonds. The molecule has 0 saturated heterocycles. The van der Waals surface area contributed by atoms with Crippen molar-refractivity contribution in [1.29, 1.82) is 0 Å². The molecule has 0 saturated carbocycles. The van der Waals surface area contributed by atoms with Crippen LogP contribution in [-0.2, 0) is 9.53 Å². The molecule has 1 atom stereocenters. The maximum absolute atomic E-state index is 11.5. The Morgan fingerprint density at radius 3 is 2.50 bits per heavy atom. The molecule has 20 heavy (non-hydrogen) atoms. The van der Waals surface area contributed by atoms with Crippen LogP contribution in [0.4, 0.5) is 0 Å². The first kappa shape index (κ1) is 16.5. The van der Waals surface area contributed by atoms with Gasteiger partial charge < -0.3 is 15.2 Å². The quantitative estimate of drug-likeness (QED) is 0.616. The van der Waals surface area contributed by atoms with Crippen LogP contribution in [0.15, 0.2) is 24.3 Å². The van der Waals surface area contributed by atoms with Crippen molar-refractivity contribution in [3.8, 4) is 5.75 Å². The standard InChI is InChI=1S/C16H25NO3/c1-11(2)13-6-5-7-14(10-13)19-8-9-20-16(18)15(17)12(3)4/h5-7,10-12,15H,8-9,17H2,1-4H3/t15-/m0/s1. The molecule has 0 spiro atoms. The van der Waals surface area contributed by atoms with E-state index in [1.54, 1.807) is 0 Å². The van der Waals surface area contributed by atoms with Crippen LogP contribution in [0.2, 0.25) is 0 Å². The second-order valence-corrected chi connectivity index (χ2v) is 5.51. The Kier molecular flexibility index (Phi) is 6.52. The SMILES string of the molecule is CC(C)c1cccc(OCCOC(=O)[C@@H](N)C(C)C)c1. The van der Waals surface area contributed by atoms with Gasteiger partial charge in [-0.1, -0.05) is 39.8 Å². The molecule has 0 heterocycles. The predicted octanol–water partition coefficient (Wildman–Crippen LogP) is 2.72. The number of hydrogen-bond donors (Lipinski definition) is 1. The van der Waals surface area contributed by atoms with Gasteiger partial charge in [0, 0.05) is 0 Å². The fraction of sp³-hybridized carbons (Fsp3) is 0.562. The average Bonchev–Trinajstić information content (AvgIpc) is 2.42. The van der Waals surface area contributed by atoms with Gasteiger partial charge in [-0.25, -0.2) is 0 Å². The van der Waals surface area contributed by atoms with Gasteiger partial charge in [0.15, 0.2) is 0 Å². The second-order valence-electron chi connectivity index (χ2n) is 5.51. The Balaban J connectivity index is 2.34. The van der Waals surface area contributed by atoms with Crippen molar-refractivity contribution in [3.05, 3.63) is 29.8 Å². The van der Waals surface area contributed by atoms with E-state index in [0.29, 0.717) is 12.5 Å². The summed E-state index contributed by atoms with van der Waals surface area (Å²) in [6.45, 7) is 8.59. The van der Waals surface area contributed by atoms with Gasteiger partial charge in [-0.15, -0.1) is 0 Å². The summed E-state index contributed by atoms with van der Waals surface area (Å²) in [5.41, 5.74) is 6.91. The lowest BCUT2D eigenvalue weighted by Crippen LogP contribution is -2.37. The lowest BCUT2D eigenvalue weighted by molar-refractivity contribution is -0.147. The molecule has 0 aliphatic rings. The zero-order valence-electron chi connectivity index (χ0n) is 12.8. The minimum atomic E-state index is -0.570. The van der Waals surface area contributed by atoms with Crippen LogP contribution in [0.3, 0.4) is 0 Å². The van der Waals surface area contributed by atoms with Crippen LogP contribution in [0.5, 0.6) is 5.75 Å². The van der Waals surface area contributed by atoms with Crippen LogP contribution >= 0.6 is 0 Å². The lowest BCUT2D eigenvalue weighted by atomic mass is 10.0. The Labute approximate surface area is 121 Å². The molecule has 1 aromatic rings. The highest BCUT2D eigenvalue weighted by molar-refractivity contribution is 5.75. The summed E-state index contributed by atoms with van der Waals surface area (Å²) in [6, 6.07) is 7.36. The maximum Gasteiger partial charge on any atom is 0.323 e. The third-order valence-corrected chi connectivity index (χ3v) is 3.11. The Bertz CT molecular complexity index is 429. The molecular weight excluding hydrogens is 254 g/mol. The first-order valence-corrected chi connectivity index (χ1v) is 7.06. The molecule has 4 nitrogen and oxygen atoms in total. The van der Waals surface area contributed by atoms with Gasteiger partial charge in [0.2, 0.25) is 0 Å².